The molecule has 124 valence electrons. The molecule has 1 fully saturated rings. The maximum atomic E-state index is 12.2. The summed E-state index contributed by atoms with van der Waals surface area (Å²) in [5.41, 5.74) is 8.12. The van der Waals surface area contributed by atoms with Gasteiger partial charge in [0, 0.05) is 29.3 Å². The smallest absolute Gasteiger partial charge is 0.238 e. The predicted octanol–water partition coefficient (Wildman–Crippen LogP) is 3.18. The molecule has 0 aromatic heterocycles. The molecule has 3 N–H and O–H groups in total. The fourth-order valence-electron chi connectivity index (χ4n) is 2.78. The Kier molecular flexibility index (Phi) is 6.86. The van der Waals surface area contributed by atoms with Gasteiger partial charge in [-0.25, -0.2) is 0 Å². The Labute approximate surface area is 147 Å². The number of rotatable bonds is 3. The molecule has 1 heterocycles. The van der Waals surface area contributed by atoms with E-state index < -0.39 is 0 Å². The molecule has 1 saturated heterocycles. The Morgan fingerprint density at radius 2 is 2.18 bits per heavy atom. The fraction of sp³-hybridized carbons (Fsp3) is 0.562. The van der Waals surface area contributed by atoms with E-state index in [1.165, 1.54) is 0 Å². The zero-order valence-electron chi connectivity index (χ0n) is 13.4. The quantitative estimate of drug-likeness (QED) is 0.833. The predicted molar refractivity (Wildman–Crippen MR) is 97.6 cm³/mol. The van der Waals surface area contributed by atoms with E-state index in [1.807, 2.05) is 25.1 Å². The summed E-state index contributed by atoms with van der Waals surface area (Å²) in [6, 6.07) is 6.07. The molecule has 1 aromatic rings. The second-order valence-corrected chi connectivity index (χ2v) is 7.52. The van der Waals surface area contributed by atoms with E-state index in [4.69, 9.17) is 5.73 Å². The van der Waals surface area contributed by atoms with Crippen molar-refractivity contribution < 1.29 is 4.79 Å². The monoisotopic (exact) mass is 389 g/mol. The third-order valence-corrected chi connectivity index (χ3v) is 4.71. The van der Waals surface area contributed by atoms with Crippen molar-refractivity contribution in [2.75, 3.05) is 25.0 Å². The van der Waals surface area contributed by atoms with Crippen LogP contribution in [0.3, 0.4) is 0 Å². The van der Waals surface area contributed by atoms with Crippen LogP contribution >= 0.6 is 28.3 Å². The van der Waals surface area contributed by atoms with Gasteiger partial charge in [0.05, 0.1) is 6.54 Å². The highest BCUT2D eigenvalue weighted by Gasteiger charge is 2.33. The van der Waals surface area contributed by atoms with Crippen LogP contribution in [0.2, 0.25) is 0 Å². The van der Waals surface area contributed by atoms with Gasteiger partial charge in [-0.1, -0.05) is 29.8 Å². The molecule has 0 radical (unpaired) electrons. The van der Waals surface area contributed by atoms with E-state index >= 15 is 0 Å². The van der Waals surface area contributed by atoms with Gasteiger partial charge < -0.3 is 11.1 Å². The maximum Gasteiger partial charge on any atom is 0.238 e. The molecule has 1 aliphatic heterocycles. The van der Waals surface area contributed by atoms with Crippen molar-refractivity contribution >= 4 is 39.9 Å². The summed E-state index contributed by atoms with van der Waals surface area (Å²) in [7, 11) is 0. The number of likely N-dealkylation sites (tertiary alicyclic amines) is 1. The third kappa shape index (κ3) is 4.95. The number of piperidine rings is 1. The van der Waals surface area contributed by atoms with E-state index in [2.05, 4.69) is 40.0 Å². The van der Waals surface area contributed by atoms with Crippen LogP contribution in [0.15, 0.2) is 22.7 Å². The van der Waals surface area contributed by atoms with Crippen molar-refractivity contribution in [1.82, 2.24) is 4.90 Å². The van der Waals surface area contributed by atoms with Crippen molar-refractivity contribution in [2.24, 2.45) is 11.1 Å². The molecule has 0 spiro atoms. The van der Waals surface area contributed by atoms with Gasteiger partial charge in [-0.05, 0) is 42.5 Å². The first-order valence-electron chi connectivity index (χ1n) is 7.32. The number of nitrogens with one attached hydrogen (secondary N) is 1. The number of carbonyl (C=O) groups is 1. The van der Waals surface area contributed by atoms with Crippen LogP contribution in [-0.4, -0.2) is 36.5 Å². The van der Waals surface area contributed by atoms with E-state index in [1.54, 1.807) is 0 Å². The minimum absolute atomic E-state index is 0. The average Bonchev–Trinajstić information content (AvgIpc) is 2.37. The van der Waals surface area contributed by atoms with Crippen molar-refractivity contribution in [1.29, 1.82) is 0 Å². The molecule has 4 nitrogen and oxygen atoms in total. The lowest BCUT2D eigenvalue weighted by atomic mass is 9.80. The SMILES string of the molecule is Cc1cc(Br)ccc1NC(=O)CN1CCC(N)C(C)(C)C1.Cl. The van der Waals surface area contributed by atoms with Crippen LogP contribution in [0, 0.1) is 12.3 Å². The second-order valence-electron chi connectivity index (χ2n) is 6.60. The molecule has 1 unspecified atom stereocenters. The zero-order chi connectivity index (χ0) is 15.6. The topological polar surface area (TPSA) is 58.4 Å². The fourth-order valence-corrected chi connectivity index (χ4v) is 3.26. The molecule has 0 aliphatic carbocycles. The molecular formula is C16H25BrClN3O. The molecule has 1 aromatic carbocycles. The van der Waals surface area contributed by atoms with Crippen molar-refractivity contribution in [2.45, 2.75) is 33.2 Å². The number of nitrogens with zero attached hydrogens (tertiary/aromatic N) is 1. The van der Waals surface area contributed by atoms with E-state index in [0.29, 0.717) is 6.54 Å². The summed E-state index contributed by atoms with van der Waals surface area (Å²) in [5, 5.41) is 2.99. The number of hydrogen-bond acceptors (Lipinski definition) is 3. The molecule has 0 saturated carbocycles. The summed E-state index contributed by atoms with van der Waals surface area (Å²) in [4.78, 5) is 14.4. The molecule has 0 bridgehead atoms. The van der Waals surface area contributed by atoms with Crippen LogP contribution in [0.25, 0.3) is 0 Å². The van der Waals surface area contributed by atoms with Gasteiger partial charge in [0.25, 0.3) is 0 Å². The summed E-state index contributed by atoms with van der Waals surface area (Å²) in [6.45, 7) is 8.49. The highest BCUT2D eigenvalue weighted by atomic mass is 79.9. The van der Waals surface area contributed by atoms with Gasteiger partial charge in [-0.3, -0.25) is 9.69 Å². The normalized spacial score (nSPS) is 21.0. The highest BCUT2D eigenvalue weighted by molar-refractivity contribution is 9.10. The number of hydrogen-bond donors (Lipinski definition) is 2. The number of anilines is 1. The first kappa shape index (κ1) is 19.4. The minimum atomic E-state index is 0. The molecule has 22 heavy (non-hydrogen) atoms. The van der Waals surface area contributed by atoms with Crippen LogP contribution < -0.4 is 11.1 Å². The first-order valence-corrected chi connectivity index (χ1v) is 8.11. The van der Waals surface area contributed by atoms with Gasteiger partial charge in [0.2, 0.25) is 5.91 Å². The van der Waals surface area contributed by atoms with Crippen molar-refractivity contribution in [3.8, 4) is 0 Å². The van der Waals surface area contributed by atoms with Crippen LogP contribution in [0.1, 0.15) is 25.8 Å². The number of benzene rings is 1. The van der Waals surface area contributed by atoms with Crippen molar-refractivity contribution in [3.63, 3.8) is 0 Å². The Balaban J connectivity index is 0.00000242. The Morgan fingerprint density at radius 3 is 2.77 bits per heavy atom. The van der Waals surface area contributed by atoms with Gasteiger partial charge in [0.15, 0.2) is 0 Å². The number of nitrogens with two attached hydrogens (primary N) is 1. The molecular weight excluding hydrogens is 366 g/mol. The number of halogens is 2. The van der Waals surface area contributed by atoms with Gasteiger partial charge in [-0.2, -0.15) is 0 Å². The Hall–Kier alpha value is -0.620. The standard InChI is InChI=1S/C16H24BrN3O.ClH/c1-11-8-12(17)4-5-13(11)19-15(21)9-20-7-6-14(18)16(2,3)10-20;/h4-5,8,14H,6-7,9-10,18H2,1-3H3,(H,19,21);1H. The van der Waals surface area contributed by atoms with Crippen LogP contribution in [0.5, 0.6) is 0 Å². The first-order chi connectivity index (χ1) is 9.78. The Bertz CT molecular complexity index is 536. The van der Waals surface area contributed by atoms with Crippen molar-refractivity contribution in [3.05, 3.63) is 28.2 Å². The van der Waals surface area contributed by atoms with E-state index in [-0.39, 0.29) is 29.8 Å². The Morgan fingerprint density at radius 1 is 1.50 bits per heavy atom. The molecule has 1 amide bonds. The van der Waals surface area contributed by atoms with Crippen LogP contribution in [0.4, 0.5) is 5.69 Å². The lowest BCUT2D eigenvalue weighted by Crippen LogP contribution is -2.53. The summed E-state index contributed by atoms with van der Waals surface area (Å²) in [5.74, 6) is 0.0340. The lowest BCUT2D eigenvalue weighted by Gasteiger charge is -2.42. The highest BCUT2D eigenvalue weighted by Crippen LogP contribution is 2.27. The third-order valence-electron chi connectivity index (χ3n) is 4.22. The molecule has 1 atom stereocenters. The summed E-state index contributed by atoms with van der Waals surface area (Å²) >= 11 is 3.43. The molecule has 6 heteroatoms. The zero-order valence-corrected chi connectivity index (χ0v) is 15.8. The minimum Gasteiger partial charge on any atom is -0.327 e. The maximum absolute atomic E-state index is 12.2. The lowest BCUT2D eigenvalue weighted by molar-refractivity contribution is -0.118. The average molecular weight is 391 g/mol. The van der Waals surface area contributed by atoms with Gasteiger partial charge >= 0.3 is 0 Å². The second kappa shape index (κ2) is 7.77. The van der Waals surface area contributed by atoms with E-state index in [9.17, 15) is 4.79 Å². The summed E-state index contributed by atoms with van der Waals surface area (Å²) < 4.78 is 1.02. The van der Waals surface area contributed by atoms with Gasteiger partial charge in [0.1, 0.15) is 0 Å². The molecule has 1 aliphatic rings. The van der Waals surface area contributed by atoms with E-state index in [0.717, 1.165) is 35.2 Å². The van der Waals surface area contributed by atoms with Crippen LogP contribution in [-0.2, 0) is 4.79 Å². The molecule has 2 rings (SSSR count). The number of carbonyl (C=O) groups excluding carboxylic acids is 1. The largest absolute Gasteiger partial charge is 0.327 e. The van der Waals surface area contributed by atoms with Gasteiger partial charge in [-0.15, -0.1) is 12.4 Å². The number of amides is 1. The summed E-state index contributed by atoms with van der Waals surface area (Å²) in [6.07, 6.45) is 0.942. The number of aryl methyl sites for hydroxylation is 1.